The van der Waals surface area contributed by atoms with Crippen molar-refractivity contribution in [3.8, 4) is 0 Å². The van der Waals surface area contributed by atoms with Gasteiger partial charge in [-0.05, 0) is 62.8 Å². The van der Waals surface area contributed by atoms with Crippen LogP contribution in [0.2, 0.25) is 0 Å². The maximum absolute atomic E-state index is 12.4. The third-order valence-electron chi connectivity index (χ3n) is 7.05. The minimum atomic E-state index is -0.930. The minimum absolute atomic E-state index is 0.0171. The summed E-state index contributed by atoms with van der Waals surface area (Å²) in [7, 11) is 3.41. The lowest BCUT2D eigenvalue weighted by molar-refractivity contribution is -0.143. The molecule has 2 rings (SSSR count). The van der Waals surface area contributed by atoms with Gasteiger partial charge in [-0.25, -0.2) is 9.38 Å². The second-order valence-electron chi connectivity index (χ2n) is 11.0. The Bertz CT molecular complexity index is 1440. The summed E-state index contributed by atoms with van der Waals surface area (Å²) in [6, 6.07) is 0.148. The van der Waals surface area contributed by atoms with Gasteiger partial charge in [0.1, 0.15) is 12.4 Å². The van der Waals surface area contributed by atoms with Crippen molar-refractivity contribution in [2.75, 3.05) is 27.2 Å². The maximum atomic E-state index is 12.4. The molecular weight excluding hydrogens is 694 g/mol. The van der Waals surface area contributed by atoms with Gasteiger partial charge >= 0.3 is 5.97 Å². The second-order valence-corrected chi connectivity index (χ2v) is 11.0. The molecule has 0 saturated heterocycles. The number of nitrogens with two attached hydrogens (primary N) is 1. The molecule has 1 aliphatic carbocycles. The normalized spacial score (nSPS) is 17.1. The Morgan fingerprint density at radius 1 is 1.04 bits per heavy atom. The number of hydrogen-bond donors (Lipinski definition) is 2. The Balaban J connectivity index is -0.000000364. The molecule has 1 aliphatic heterocycles. The third kappa shape index (κ3) is 31.9. The van der Waals surface area contributed by atoms with E-state index in [9.17, 15) is 23.9 Å². The van der Waals surface area contributed by atoms with E-state index in [2.05, 4.69) is 31.3 Å². The topological polar surface area (TPSA) is 122 Å². The summed E-state index contributed by atoms with van der Waals surface area (Å²) in [6.45, 7) is 27.7. The SMILES string of the molecule is C=C.C=C/C=C\C(=C/C)CCC(CC(=O)/C(C)=C/C=C(\C=C)CC)C(=O)O.CC.CC.CN(C)C(=O)C1=C/COC(N)=NC/C=C\1.FC1=CC/C=C\C=C/C1. The Morgan fingerprint density at radius 2 is 1.67 bits per heavy atom. The molecule has 8 nitrogen and oxygen atoms in total. The number of ether oxygens (including phenoxy) is 1. The number of rotatable bonds is 13. The molecule has 2 aliphatic rings. The van der Waals surface area contributed by atoms with E-state index in [-0.39, 0.29) is 36.6 Å². The van der Waals surface area contributed by atoms with Crippen LogP contribution in [0.5, 0.6) is 0 Å². The molecule has 55 heavy (non-hydrogen) atoms. The molecule has 0 fully saturated rings. The molecule has 0 aromatic heterocycles. The van der Waals surface area contributed by atoms with Gasteiger partial charge in [0.25, 0.3) is 11.9 Å². The smallest absolute Gasteiger partial charge is 0.306 e. The maximum Gasteiger partial charge on any atom is 0.306 e. The van der Waals surface area contributed by atoms with E-state index in [0.717, 1.165) is 24.0 Å². The predicted octanol–water partition coefficient (Wildman–Crippen LogP) is 11.1. The van der Waals surface area contributed by atoms with Gasteiger partial charge in [0.05, 0.1) is 12.5 Å². The number of halogens is 1. The fraction of sp³-hybridized carbons (Fsp3) is 0.391. The number of carbonyl (C=O) groups excluding carboxylic acids is 2. The number of likely N-dealkylation sites (N-methyl/N-ethyl adjacent to an activating group) is 1. The van der Waals surface area contributed by atoms with Gasteiger partial charge in [0, 0.05) is 32.5 Å². The second kappa shape index (κ2) is 39.9. The van der Waals surface area contributed by atoms with Crippen molar-refractivity contribution < 1.29 is 28.6 Å². The van der Waals surface area contributed by atoms with Gasteiger partial charge < -0.3 is 20.5 Å². The van der Waals surface area contributed by atoms with E-state index < -0.39 is 11.9 Å². The fourth-order valence-electron chi connectivity index (χ4n) is 3.97. The number of carbonyl (C=O) groups is 3. The lowest BCUT2D eigenvalue weighted by Gasteiger charge is -2.12. The highest BCUT2D eigenvalue weighted by Crippen LogP contribution is 2.19. The number of amidine groups is 1. The van der Waals surface area contributed by atoms with Crippen LogP contribution in [0.4, 0.5) is 4.39 Å². The van der Waals surface area contributed by atoms with Crippen LogP contribution in [-0.4, -0.2) is 60.9 Å². The van der Waals surface area contributed by atoms with Crippen molar-refractivity contribution in [3.63, 3.8) is 0 Å². The largest absolute Gasteiger partial charge is 0.481 e. The molecule has 306 valence electrons. The molecule has 0 bridgehead atoms. The lowest BCUT2D eigenvalue weighted by atomic mass is 9.92. The van der Waals surface area contributed by atoms with Gasteiger partial charge in [0.2, 0.25) is 0 Å². The van der Waals surface area contributed by atoms with Gasteiger partial charge in [-0.1, -0.05) is 132 Å². The van der Waals surface area contributed by atoms with Gasteiger partial charge in [-0.3, -0.25) is 14.4 Å². The van der Waals surface area contributed by atoms with E-state index in [0.29, 0.717) is 37.0 Å². The average molecular weight is 764 g/mol. The van der Waals surface area contributed by atoms with Crippen LogP contribution in [0.15, 0.2) is 151 Å². The highest BCUT2D eigenvalue weighted by Gasteiger charge is 2.21. The Morgan fingerprint density at radius 3 is 2.22 bits per heavy atom. The van der Waals surface area contributed by atoms with E-state index in [1.165, 1.54) is 4.90 Å². The summed E-state index contributed by atoms with van der Waals surface area (Å²) in [4.78, 5) is 40.8. The van der Waals surface area contributed by atoms with Crippen molar-refractivity contribution >= 4 is 23.7 Å². The first-order chi connectivity index (χ1) is 26.4. The number of Topliss-reactive ketones (excluding diaryl/α,β-unsaturated/α-hetero) is 1. The van der Waals surface area contributed by atoms with Crippen molar-refractivity contribution in [2.45, 2.75) is 87.0 Å². The quantitative estimate of drug-likeness (QED) is 0.109. The van der Waals surface area contributed by atoms with Gasteiger partial charge in [-0.15, -0.1) is 13.2 Å². The number of allylic oxidation sites excluding steroid dienone is 16. The zero-order valence-corrected chi connectivity index (χ0v) is 35.2. The number of carboxylic acid groups (broad SMARTS) is 1. The predicted molar refractivity (Wildman–Crippen MR) is 234 cm³/mol. The van der Waals surface area contributed by atoms with E-state index >= 15 is 0 Å². The standard InChI is InChI=1S/C22H30O3.C10H15N3O2.C8H9F.2C2H6.C2H4/c1-6-10-11-19(9-4)14-15-20(22(24)25)16-21(23)17(5)12-13-18(7-2)8-3;1-13(2)9(14)8-4-3-6-12-10(11)15-7-5-8;9-8-6-4-2-1-3-5-7-8;3*1-2/h6-7,9-13,20H,1-2,8,14-16H2,3-5H3,(H,24,25);3-5H,6-7H2,1-2H3,(H2,11,12);1-4,7H,5-6H2;2*1-2H3;1-2H2/b11-10-,17-12+,18-13+,19-9+;4-3-,8-5+;3-1-,4-2-,8-7?;;;. The Labute approximate surface area is 332 Å². The van der Waals surface area contributed by atoms with Crippen LogP contribution in [0.25, 0.3) is 0 Å². The van der Waals surface area contributed by atoms with Crippen LogP contribution >= 0.6 is 0 Å². The summed E-state index contributed by atoms with van der Waals surface area (Å²) >= 11 is 0. The summed E-state index contributed by atoms with van der Waals surface area (Å²) in [5.41, 5.74) is 8.65. The third-order valence-corrected chi connectivity index (χ3v) is 7.05. The molecule has 1 heterocycles. The number of aliphatic imine (C=N–C) groups is 1. The molecule has 1 atom stereocenters. The number of aliphatic carboxylic acids is 1. The van der Waals surface area contributed by atoms with E-state index in [1.54, 1.807) is 63.6 Å². The molecule has 0 spiro atoms. The molecule has 1 unspecified atom stereocenters. The first-order valence-corrected chi connectivity index (χ1v) is 18.8. The average Bonchev–Trinajstić information content (AvgIpc) is 3.30. The number of amides is 1. The van der Waals surface area contributed by atoms with Crippen molar-refractivity contribution in [1.29, 1.82) is 0 Å². The Kier molecular flexibility index (Phi) is 40.9. The lowest BCUT2D eigenvalue weighted by Crippen LogP contribution is -2.23. The summed E-state index contributed by atoms with van der Waals surface area (Å²) in [6.07, 6.45) is 30.1. The minimum Gasteiger partial charge on any atom is -0.481 e. The first kappa shape index (κ1) is 56.4. The zero-order chi connectivity index (χ0) is 43.0. The van der Waals surface area contributed by atoms with E-state index in [4.69, 9.17) is 10.5 Å². The van der Waals surface area contributed by atoms with Crippen molar-refractivity contribution in [1.82, 2.24) is 4.90 Å². The monoisotopic (exact) mass is 764 g/mol. The highest BCUT2D eigenvalue weighted by atomic mass is 19.1. The van der Waals surface area contributed by atoms with Gasteiger partial charge in [-0.2, -0.15) is 0 Å². The number of carboxylic acids is 1. The zero-order valence-electron chi connectivity index (χ0n) is 35.2. The van der Waals surface area contributed by atoms with Crippen LogP contribution in [0.1, 0.15) is 87.0 Å². The van der Waals surface area contributed by atoms with Crippen molar-refractivity contribution in [3.05, 3.63) is 146 Å². The highest BCUT2D eigenvalue weighted by molar-refractivity contribution is 5.97. The summed E-state index contributed by atoms with van der Waals surface area (Å²) in [5.74, 6) is -1.84. The molecule has 3 N–H and O–H groups in total. The molecule has 0 aromatic rings. The van der Waals surface area contributed by atoms with Crippen LogP contribution in [-0.2, 0) is 19.1 Å². The van der Waals surface area contributed by atoms with Crippen molar-refractivity contribution in [2.24, 2.45) is 16.6 Å². The van der Waals surface area contributed by atoms with Crippen LogP contribution < -0.4 is 5.73 Å². The number of hydrogen-bond acceptors (Lipinski definition) is 6. The molecular formula is C46H70FN3O5. The van der Waals surface area contributed by atoms with Crippen LogP contribution in [0, 0.1) is 5.92 Å². The Hall–Kier alpha value is -5.31. The van der Waals surface area contributed by atoms with Crippen LogP contribution in [0.3, 0.4) is 0 Å². The fourth-order valence-corrected chi connectivity index (χ4v) is 3.97. The number of ketones is 1. The summed E-state index contributed by atoms with van der Waals surface area (Å²) in [5, 5.41) is 9.41. The molecule has 1 amide bonds. The molecule has 0 saturated carbocycles. The van der Waals surface area contributed by atoms with E-state index in [1.807, 2.05) is 90.2 Å². The molecule has 0 radical (unpaired) electrons. The molecule has 9 heteroatoms. The molecule has 0 aromatic carbocycles. The summed E-state index contributed by atoms with van der Waals surface area (Å²) < 4.78 is 17.5. The van der Waals surface area contributed by atoms with Gasteiger partial charge in [0.15, 0.2) is 5.78 Å². The first-order valence-electron chi connectivity index (χ1n) is 18.8. The number of nitrogens with zero attached hydrogens (tertiary/aromatic N) is 2.